The minimum atomic E-state index is -0.758. The number of methoxy groups -OCH3 is 2. The highest BCUT2D eigenvalue weighted by Gasteiger charge is 2.22. The van der Waals surface area contributed by atoms with Gasteiger partial charge < -0.3 is 33.5 Å². The van der Waals surface area contributed by atoms with E-state index in [1.165, 1.54) is 31.4 Å². The summed E-state index contributed by atoms with van der Waals surface area (Å²) in [6, 6.07) is 8.47. The second-order valence-corrected chi connectivity index (χ2v) is 8.25. The van der Waals surface area contributed by atoms with Gasteiger partial charge in [0.15, 0.2) is 0 Å². The smallest absolute Gasteiger partial charge is 0.344 e. The first kappa shape index (κ1) is 36.0. The molecule has 0 saturated heterocycles. The van der Waals surface area contributed by atoms with Crippen molar-refractivity contribution in [1.29, 1.82) is 0 Å². The van der Waals surface area contributed by atoms with Gasteiger partial charge in [0.2, 0.25) is 0 Å². The van der Waals surface area contributed by atoms with E-state index >= 15 is 0 Å². The molecule has 0 aliphatic carbocycles. The maximum atomic E-state index is 11.4. The molecule has 1 N–H and O–H groups in total. The summed E-state index contributed by atoms with van der Waals surface area (Å²) in [5.41, 5.74) is 0.404. The molecular formula is C27H36N2O13. The van der Waals surface area contributed by atoms with Crippen LogP contribution >= 0.6 is 0 Å². The number of esters is 2. The molecule has 0 aromatic heterocycles. The van der Waals surface area contributed by atoms with Crippen molar-refractivity contribution in [1.82, 2.24) is 0 Å². The maximum Gasteiger partial charge on any atom is 0.344 e. The van der Waals surface area contributed by atoms with Gasteiger partial charge in [0.25, 0.3) is 11.4 Å². The number of carbonyl (C=O) groups excluding carboxylic acids is 2. The highest BCUT2D eigenvalue weighted by molar-refractivity contribution is 5.94. The van der Waals surface area contributed by atoms with Gasteiger partial charge in [-0.05, 0) is 29.7 Å². The van der Waals surface area contributed by atoms with E-state index in [0.29, 0.717) is 44.2 Å². The summed E-state index contributed by atoms with van der Waals surface area (Å²) in [6.07, 6.45) is 0.946. The molecule has 0 saturated carbocycles. The SMILES string of the molecule is CCCOCCOCc1ccc(C(=O)OC)c([N+](=O)[O-])c1.COC(=O)c1ccc(COCCOCCO)cc1[N+](=O)[O-]. The van der Waals surface area contributed by atoms with Crippen LogP contribution in [0.25, 0.3) is 0 Å². The van der Waals surface area contributed by atoms with Crippen LogP contribution in [0, 0.1) is 20.2 Å². The van der Waals surface area contributed by atoms with Crippen LogP contribution in [0.2, 0.25) is 0 Å². The van der Waals surface area contributed by atoms with E-state index in [1.54, 1.807) is 12.1 Å². The van der Waals surface area contributed by atoms with Crippen molar-refractivity contribution in [3.63, 3.8) is 0 Å². The van der Waals surface area contributed by atoms with Crippen molar-refractivity contribution in [3.05, 3.63) is 78.9 Å². The molecule has 0 radical (unpaired) electrons. The summed E-state index contributed by atoms with van der Waals surface area (Å²) in [5, 5.41) is 30.4. The Morgan fingerprint density at radius 2 is 1.10 bits per heavy atom. The van der Waals surface area contributed by atoms with Gasteiger partial charge in [0, 0.05) is 18.7 Å². The zero-order valence-electron chi connectivity index (χ0n) is 23.8. The van der Waals surface area contributed by atoms with Gasteiger partial charge in [-0.1, -0.05) is 19.1 Å². The average Bonchev–Trinajstić information content (AvgIpc) is 2.99. The Bertz CT molecular complexity index is 1070. The molecule has 15 heteroatoms. The standard InChI is InChI=1S/C14H19NO6.C13H17NO7/c1-3-6-20-7-8-21-10-11-4-5-12(14(16)19-2)13(9-11)15(17)18;1-19-13(16)11-3-2-10(8-12(11)14(17)18)9-21-7-6-20-5-4-15/h4-5,9H,3,6-8,10H2,1-2H3;2-3,8,15H,4-7,9H2,1H3. The fourth-order valence-corrected chi connectivity index (χ4v) is 3.23. The number of hydrogen-bond donors (Lipinski definition) is 1. The molecule has 2 aromatic rings. The van der Waals surface area contributed by atoms with Crippen molar-refractivity contribution < 1.29 is 53.0 Å². The molecule has 42 heavy (non-hydrogen) atoms. The van der Waals surface area contributed by atoms with Gasteiger partial charge in [-0.25, -0.2) is 9.59 Å². The Labute approximate surface area is 242 Å². The van der Waals surface area contributed by atoms with Crippen LogP contribution in [0.3, 0.4) is 0 Å². The first-order valence-corrected chi connectivity index (χ1v) is 12.8. The first-order chi connectivity index (χ1) is 20.2. The first-order valence-electron chi connectivity index (χ1n) is 12.8. The van der Waals surface area contributed by atoms with E-state index in [4.69, 9.17) is 24.1 Å². The summed E-state index contributed by atoms with van der Waals surface area (Å²) in [5.74, 6) is -1.49. The molecule has 15 nitrogen and oxygen atoms in total. The van der Waals surface area contributed by atoms with E-state index in [-0.39, 0.29) is 48.9 Å². The third-order valence-corrected chi connectivity index (χ3v) is 5.19. The van der Waals surface area contributed by atoms with E-state index in [1.807, 2.05) is 6.92 Å². The minimum absolute atomic E-state index is 0.0544. The van der Waals surface area contributed by atoms with Gasteiger partial charge in [0.1, 0.15) is 11.1 Å². The van der Waals surface area contributed by atoms with Gasteiger partial charge in [-0.15, -0.1) is 0 Å². The number of aliphatic hydroxyl groups is 1. The lowest BCUT2D eigenvalue weighted by molar-refractivity contribution is -0.385. The van der Waals surface area contributed by atoms with Crippen LogP contribution in [-0.4, -0.2) is 87.4 Å². The highest BCUT2D eigenvalue weighted by atomic mass is 16.6. The fourth-order valence-electron chi connectivity index (χ4n) is 3.23. The summed E-state index contributed by atoms with van der Waals surface area (Å²) in [6.45, 7) is 4.77. The van der Waals surface area contributed by atoms with Gasteiger partial charge in [-0.2, -0.15) is 0 Å². The Morgan fingerprint density at radius 3 is 1.45 bits per heavy atom. The Hall–Kier alpha value is -4.02. The number of nitrogens with zero attached hydrogens (tertiary/aromatic N) is 2. The van der Waals surface area contributed by atoms with Crippen molar-refractivity contribution in [3.8, 4) is 0 Å². The molecule has 0 bridgehead atoms. The largest absolute Gasteiger partial charge is 0.465 e. The third-order valence-electron chi connectivity index (χ3n) is 5.19. The van der Waals surface area contributed by atoms with Crippen LogP contribution in [0.1, 0.15) is 45.2 Å². The van der Waals surface area contributed by atoms with Crippen molar-refractivity contribution in [2.75, 3.05) is 60.5 Å². The van der Waals surface area contributed by atoms with Crippen molar-refractivity contribution >= 4 is 23.3 Å². The zero-order valence-corrected chi connectivity index (χ0v) is 23.8. The summed E-state index contributed by atoms with van der Waals surface area (Å²) in [4.78, 5) is 43.5. The number of hydrogen-bond acceptors (Lipinski definition) is 13. The van der Waals surface area contributed by atoms with E-state index in [0.717, 1.165) is 13.5 Å². The van der Waals surface area contributed by atoms with Crippen LogP contribution < -0.4 is 0 Å². The number of nitro groups is 2. The van der Waals surface area contributed by atoms with Gasteiger partial charge >= 0.3 is 11.9 Å². The summed E-state index contributed by atoms with van der Waals surface area (Å²) >= 11 is 0. The van der Waals surface area contributed by atoms with Crippen molar-refractivity contribution in [2.24, 2.45) is 0 Å². The fraction of sp³-hybridized carbons (Fsp3) is 0.481. The Morgan fingerprint density at radius 1 is 0.690 bits per heavy atom. The number of carbonyl (C=O) groups is 2. The molecular weight excluding hydrogens is 560 g/mol. The van der Waals surface area contributed by atoms with Gasteiger partial charge in [0.05, 0.1) is 76.9 Å². The molecule has 0 heterocycles. The summed E-state index contributed by atoms with van der Waals surface area (Å²) in [7, 11) is 2.34. The lowest BCUT2D eigenvalue weighted by Gasteiger charge is -2.06. The molecule has 0 fully saturated rings. The normalized spacial score (nSPS) is 10.4. The molecule has 0 unspecified atom stereocenters. The van der Waals surface area contributed by atoms with E-state index in [9.17, 15) is 29.8 Å². The van der Waals surface area contributed by atoms with E-state index in [2.05, 4.69) is 9.47 Å². The molecule has 2 rings (SSSR count). The van der Waals surface area contributed by atoms with Gasteiger partial charge in [-0.3, -0.25) is 20.2 Å². The van der Waals surface area contributed by atoms with Crippen LogP contribution in [-0.2, 0) is 41.6 Å². The molecule has 0 aliphatic heterocycles. The minimum Gasteiger partial charge on any atom is -0.465 e. The molecule has 0 spiro atoms. The number of ether oxygens (including phenoxy) is 6. The second-order valence-electron chi connectivity index (χ2n) is 8.25. The quantitative estimate of drug-likeness (QED) is 0.114. The lowest BCUT2D eigenvalue weighted by Crippen LogP contribution is -2.08. The lowest BCUT2D eigenvalue weighted by atomic mass is 10.1. The third kappa shape index (κ3) is 13.1. The van der Waals surface area contributed by atoms with E-state index < -0.39 is 21.8 Å². The maximum absolute atomic E-state index is 11.4. The average molecular weight is 597 g/mol. The van der Waals surface area contributed by atoms with Crippen LogP contribution in [0.4, 0.5) is 11.4 Å². The monoisotopic (exact) mass is 596 g/mol. The molecule has 232 valence electrons. The van der Waals surface area contributed by atoms with Crippen LogP contribution in [0.5, 0.6) is 0 Å². The van der Waals surface area contributed by atoms with Crippen LogP contribution in [0.15, 0.2) is 36.4 Å². The number of nitro benzene ring substituents is 2. The molecule has 0 aliphatic rings. The zero-order chi connectivity index (χ0) is 31.3. The van der Waals surface area contributed by atoms with Crippen molar-refractivity contribution in [2.45, 2.75) is 26.6 Å². The molecule has 2 aromatic carbocycles. The molecule has 0 atom stereocenters. The highest BCUT2D eigenvalue weighted by Crippen LogP contribution is 2.22. The summed E-state index contributed by atoms with van der Waals surface area (Å²) < 4.78 is 29.9. The topological polar surface area (TPSA) is 196 Å². The second kappa shape index (κ2) is 20.8. The Balaban J connectivity index is 0.000000420. The number of aliphatic hydroxyl groups excluding tert-OH is 1. The predicted molar refractivity (Wildman–Crippen MR) is 147 cm³/mol. The Kier molecular flexibility index (Phi) is 17.8. The number of rotatable bonds is 18. The predicted octanol–water partition coefficient (Wildman–Crippen LogP) is 3.23. The molecule has 0 amide bonds. The number of benzene rings is 2.